The Hall–Kier alpha value is -1.06. The lowest BCUT2D eigenvalue weighted by Crippen LogP contribution is -2.26. The lowest BCUT2D eigenvalue weighted by molar-refractivity contribution is 0.0968. The first-order valence-corrected chi connectivity index (χ1v) is 7.82. The van der Waals surface area contributed by atoms with E-state index in [9.17, 15) is 0 Å². The van der Waals surface area contributed by atoms with Crippen molar-refractivity contribution in [1.29, 1.82) is 0 Å². The number of unbranched alkanes of at least 4 members (excludes halogenated alkanes) is 1. The van der Waals surface area contributed by atoms with E-state index in [0.29, 0.717) is 19.3 Å². The highest BCUT2D eigenvalue weighted by Gasteiger charge is 1.99. The standard InChI is InChI=1S/C17H29NO2/c1-3-12-18-16(2)9-7-8-13-19-14-15-20-17-10-5-4-6-11-17/h4-6,10-11,16,18H,3,7-9,12-15H2,1-2H3. The molecule has 0 spiro atoms. The smallest absolute Gasteiger partial charge is 0.119 e. The molecule has 0 amide bonds. The Labute approximate surface area is 123 Å². The number of hydrogen-bond donors (Lipinski definition) is 1. The van der Waals surface area contributed by atoms with E-state index < -0.39 is 0 Å². The zero-order chi connectivity index (χ0) is 14.5. The largest absolute Gasteiger partial charge is 0.491 e. The number of ether oxygens (including phenoxy) is 2. The maximum Gasteiger partial charge on any atom is 0.119 e. The Balaban J connectivity index is 1.85. The normalized spacial score (nSPS) is 12.3. The molecule has 0 bridgehead atoms. The molecule has 114 valence electrons. The fourth-order valence-electron chi connectivity index (χ4n) is 1.98. The van der Waals surface area contributed by atoms with Crippen molar-refractivity contribution in [3.8, 4) is 5.75 Å². The second kappa shape index (κ2) is 11.7. The van der Waals surface area contributed by atoms with Crippen LogP contribution < -0.4 is 10.1 Å². The number of benzene rings is 1. The Morgan fingerprint density at radius 1 is 1.05 bits per heavy atom. The summed E-state index contributed by atoms with van der Waals surface area (Å²) in [5.41, 5.74) is 0. The summed E-state index contributed by atoms with van der Waals surface area (Å²) in [6, 6.07) is 10.5. The lowest BCUT2D eigenvalue weighted by atomic mass is 10.1. The zero-order valence-corrected chi connectivity index (χ0v) is 12.9. The van der Waals surface area contributed by atoms with Crippen LogP contribution in [0.5, 0.6) is 5.75 Å². The zero-order valence-electron chi connectivity index (χ0n) is 12.9. The molecule has 0 saturated heterocycles. The van der Waals surface area contributed by atoms with Crippen LogP contribution in [0, 0.1) is 0 Å². The summed E-state index contributed by atoms with van der Waals surface area (Å²) in [7, 11) is 0. The average Bonchev–Trinajstić information content (AvgIpc) is 2.49. The van der Waals surface area contributed by atoms with Gasteiger partial charge in [0.15, 0.2) is 0 Å². The maximum absolute atomic E-state index is 5.57. The highest BCUT2D eigenvalue weighted by atomic mass is 16.5. The Kier molecular flexibility index (Phi) is 9.98. The second-order valence-electron chi connectivity index (χ2n) is 5.12. The summed E-state index contributed by atoms with van der Waals surface area (Å²) in [5.74, 6) is 0.909. The molecule has 0 saturated carbocycles. The molecule has 1 atom stereocenters. The summed E-state index contributed by atoms with van der Waals surface area (Å²) >= 11 is 0. The molecule has 0 fully saturated rings. The Morgan fingerprint density at radius 2 is 1.85 bits per heavy atom. The van der Waals surface area contributed by atoms with Gasteiger partial charge < -0.3 is 14.8 Å². The van der Waals surface area contributed by atoms with Gasteiger partial charge in [-0.05, 0) is 51.3 Å². The van der Waals surface area contributed by atoms with Crippen LogP contribution in [-0.2, 0) is 4.74 Å². The van der Waals surface area contributed by atoms with Crippen molar-refractivity contribution < 1.29 is 9.47 Å². The van der Waals surface area contributed by atoms with Crippen LogP contribution in [0.15, 0.2) is 30.3 Å². The molecule has 3 nitrogen and oxygen atoms in total. The van der Waals surface area contributed by atoms with Crippen LogP contribution in [0.4, 0.5) is 0 Å². The number of rotatable bonds is 12. The van der Waals surface area contributed by atoms with E-state index in [4.69, 9.17) is 9.47 Å². The minimum absolute atomic E-state index is 0.622. The van der Waals surface area contributed by atoms with Crippen LogP contribution in [0.2, 0.25) is 0 Å². The van der Waals surface area contributed by atoms with Gasteiger partial charge in [-0.15, -0.1) is 0 Å². The van der Waals surface area contributed by atoms with Crippen molar-refractivity contribution in [3.05, 3.63) is 30.3 Å². The van der Waals surface area contributed by atoms with Gasteiger partial charge in [-0.1, -0.05) is 25.1 Å². The van der Waals surface area contributed by atoms with E-state index in [1.807, 2.05) is 30.3 Å². The summed E-state index contributed by atoms with van der Waals surface area (Å²) in [6.07, 6.45) is 4.78. The molecule has 1 rings (SSSR count). The van der Waals surface area contributed by atoms with E-state index in [2.05, 4.69) is 19.2 Å². The molecule has 0 aliphatic heterocycles. The molecule has 20 heavy (non-hydrogen) atoms. The van der Waals surface area contributed by atoms with Crippen molar-refractivity contribution in [2.75, 3.05) is 26.4 Å². The SMILES string of the molecule is CCCNC(C)CCCCOCCOc1ccccc1. The van der Waals surface area contributed by atoms with Gasteiger partial charge >= 0.3 is 0 Å². The average molecular weight is 279 g/mol. The number of para-hydroxylation sites is 1. The van der Waals surface area contributed by atoms with E-state index in [1.165, 1.54) is 19.3 Å². The van der Waals surface area contributed by atoms with Gasteiger partial charge in [-0.25, -0.2) is 0 Å². The van der Waals surface area contributed by atoms with Gasteiger partial charge in [0.1, 0.15) is 12.4 Å². The summed E-state index contributed by atoms with van der Waals surface area (Å²) in [5, 5.41) is 3.50. The molecule has 0 aromatic heterocycles. The quantitative estimate of drug-likeness (QED) is 0.593. The van der Waals surface area contributed by atoms with Gasteiger partial charge in [-0.3, -0.25) is 0 Å². The van der Waals surface area contributed by atoms with Crippen LogP contribution in [0.3, 0.4) is 0 Å². The van der Waals surface area contributed by atoms with Gasteiger partial charge in [-0.2, -0.15) is 0 Å². The molecule has 0 aliphatic rings. The first-order valence-electron chi connectivity index (χ1n) is 7.82. The molecular formula is C17H29NO2. The lowest BCUT2D eigenvalue weighted by Gasteiger charge is -2.12. The molecular weight excluding hydrogens is 250 g/mol. The van der Waals surface area contributed by atoms with E-state index in [0.717, 1.165) is 25.3 Å². The predicted molar refractivity (Wildman–Crippen MR) is 84.4 cm³/mol. The van der Waals surface area contributed by atoms with Gasteiger partial charge in [0.05, 0.1) is 6.61 Å². The predicted octanol–water partition coefficient (Wildman–Crippen LogP) is 3.64. The van der Waals surface area contributed by atoms with Crippen molar-refractivity contribution in [2.45, 2.75) is 45.6 Å². The molecule has 1 aromatic carbocycles. The van der Waals surface area contributed by atoms with Crippen molar-refractivity contribution in [3.63, 3.8) is 0 Å². The first kappa shape index (κ1) is 17.0. The molecule has 0 radical (unpaired) electrons. The topological polar surface area (TPSA) is 30.5 Å². The van der Waals surface area contributed by atoms with Gasteiger partial charge in [0.25, 0.3) is 0 Å². The minimum Gasteiger partial charge on any atom is -0.491 e. The third kappa shape index (κ3) is 8.94. The van der Waals surface area contributed by atoms with Crippen LogP contribution in [0.25, 0.3) is 0 Å². The van der Waals surface area contributed by atoms with Crippen molar-refractivity contribution in [1.82, 2.24) is 5.32 Å². The first-order chi connectivity index (χ1) is 9.83. The van der Waals surface area contributed by atoms with Crippen molar-refractivity contribution in [2.24, 2.45) is 0 Å². The van der Waals surface area contributed by atoms with Gasteiger partial charge in [0, 0.05) is 12.6 Å². The third-order valence-corrected chi connectivity index (χ3v) is 3.16. The highest BCUT2D eigenvalue weighted by molar-refractivity contribution is 5.20. The van der Waals surface area contributed by atoms with Crippen LogP contribution in [0.1, 0.15) is 39.5 Å². The van der Waals surface area contributed by atoms with Gasteiger partial charge in [0.2, 0.25) is 0 Å². The fourth-order valence-corrected chi connectivity index (χ4v) is 1.98. The minimum atomic E-state index is 0.622. The van der Waals surface area contributed by atoms with E-state index >= 15 is 0 Å². The summed E-state index contributed by atoms with van der Waals surface area (Å²) in [4.78, 5) is 0. The molecule has 0 heterocycles. The fraction of sp³-hybridized carbons (Fsp3) is 0.647. The van der Waals surface area contributed by atoms with Crippen LogP contribution >= 0.6 is 0 Å². The van der Waals surface area contributed by atoms with E-state index in [-0.39, 0.29) is 0 Å². The maximum atomic E-state index is 5.57. The second-order valence-corrected chi connectivity index (χ2v) is 5.12. The van der Waals surface area contributed by atoms with Crippen molar-refractivity contribution >= 4 is 0 Å². The highest BCUT2D eigenvalue weighted by Crippen LogP contribution is 2.07. The Morgan fingerprint density at radius 3 is 2.60 bits per heavy atom. The summed E-state index contributed by atoms with van der Waals surface area (Å²) < 4.78 is 11.1. The molecule has 3 heteroatoms. The molecule has 1 aromatic rings. The third-order valence-electron chi connectivity index (χ3n) is 3.16. The summed E-state index contributed by atoms with van der Waals surface area (Å²) in [6.45, 7) is 7.69. The Bertz CT molecular complexity index is 316. The van der Waals surface area contributed by atoms with Crippen LogP contribution in [-0.4, -0.2) is 32.4 Å². The monoisotopic (exact) mass is 279 g/mol. The molecule has 0 aliphatic carbocycles. The number of nitrogens with one attached hydrogen (secondary N) is 1. The number of hydrogen-bond acceptors (Lipinski definition) is 3. The molecule has 1 N–H and O–H groups in total. The van der Waals surface area contributed by atoms with E-state index in [1.54, 1.807) is 0 Å². The molecule has 1 unspecified atom stereocenters.